The molecule has 0 fully saturated rings. The van der Waals surface area contributed by atoms with Gasteiger partial charge in [0.2, 0.25) is 0 Å². The molecule has 80 valence electrons. The molecule has 1 rings (SSSR count). The van der Waals surface area contributed by atoms with Gasteiger partial charge in [0.1, 0.15) is 6.07 Å². The fraction of sp³-hybridized carbons (Fsp3) is 0.300. The number of hydrogen-bond acceptors (Lipinski definition) is 4. The average Bonchev–Trinajstić information content (AvgIpc) is 2.30. The van der Waals surface area contributed by atoms with Crippen LogP contribution in [0.15, 0.2) is 12.3 Å². The molecule has 1 heterocycles. The zero-order chi connectivity index (χ0) is 11.8. The van der Waals surface area contributed by atoms with Crippen molar-refractivity contribution in [2.24, 2.45) is 0 Å². The molecule has 0 radical (unpaired) electrons. The van der Waals surface area contributed by atoms with E-state index < -0.39 is 5.97 Å². The van der Waals surface area contributed by atoms with Crippen molar-refractivity contribution in [3.63, 3.8) is 0 Å². The minimum absolute atomic E-state index is 0.0894. The van der Waals surface area contributed by atoms with Crippen molar-refractivity contribution in [3.8, 4) is 11.8 Å². The molecule has 0 spiro atoms. The van der Waals surface area contributed by atoms with Crippen molar-refractivity contribution < 1.29 is 14.6 Å². The second-order valence-electron chi connectivity index (χ2n) is 2.19. The molecule has 15 heavy (non-hydrogen) atoms. The maximum atomic E-state index is 10.6. The van der Waals surface area contributed by atoms with Crippen LogP contribution in [0.3, 0.4) is 0 Å². The predicted molar refractivity (Wildman–Crippen MR) is 53.8 cm³/mol. The maximum Gasteiger partial charge on any atom is 0.358 e. The lowest BCUT2D eigenvalue weighted by Gasteiger charge is -2.02. The summed E-state index contributed by atoms with van der Waals surface area (Å²) in [7, 11) is 1.32. The van der Waals surface area contributed by atoms with Crippen LogP contribution >= 0.6 is 0 Å². The molecule has 0 amide bonds. The lowest BCUT2D eigenvalue weighted by molar-refractivity contribution is 0.0686. The van der Waals surface area contributed by atoms with Gasteiger partial charge in [-0.05, 0) is 0 Å². The molecule has 0 bridgehead atoms. The van der Waals surface area contributed by atoms with Crippen LogP contribution < -0.4 is 4.74 Å². The third-order valence-electron chi connectivity index (χ3n) is 1.40. The van der Waals surface area contributed by atoms with Crippen LogP contribution in [0.1, 0.15) is 29.9 Å². The quantitative estimate of drug-likeness (QED) is 0.799. The number of pyridine rings is 1. The molecule has 1 aromatic heterocycles. The molecule has 5 nitrogen and oxygen atoms in total. The van der Waals surface area contributed by atoms with E-state index in [1.54, 1.807) is 0 Å². The lowest BCUT2D eigenvalue weighted by Crippen LogP contribution is -2.03. The second-order valence-corrected chi connectivity index (χ2v) is 2.19. The van der Waals surface area contributed by atoms with Gasteiger partial charge in [-0.3, -0.25) is 0 Å². The van der Waals surface area contributed by atoms with E-state index in [-0.39, 0.29) is 17.0 Å². The normalized spacial score (nSPS) is 8.13. The third kappa shape index (κ3) is 3.27. The lowest BCUT2D eigenvalue weighted by atomic mass is 10.2. The molecule has 1 N–H and O–H groups in total. The summed E-state index contributed by atoms with van der Waals surface area (Å²) < 4.78 is 4.75. The summed E-state index contributed by atoms with van der Waals surface area (Å²) in [4.78, 5) is 14.1. The summed E-state index contributed by atoms with van der Waals surface area (Å²) in [5, 5.41) is 17.1. The van der Waals surface area contributed by atoms with Crippen molar-refractivity contribution in [2.75, 3.05) is 7.11 Å². The van der Waals surface area contributed by atoms with Gasteiger partial charge in [0, 0.05) is 12.3 Å². The highest BCUT2D eigenvalue weighted by Gasteiger charge is 2.12. The molecule has 0 saturated heterocycles. The zero-order valence-electron chi connectivity index (χ0n) is 8.81. The van der Waals surface area contributed by atoms with Crippen LogP contribution in [0.2, 0.25) is 0 Å². The number of aromatic nitrogens is 1. The number of nitrogens with zero attached hydrogens (tertiary/aromatic N) is 2. The summed E-state index contributed by atoms with van der Waals surface area (Å²) in [6.45, 7) is 4.00. The van der Waals surface area contributed by atoms with Crippen molar-refractivity contribution in [3.05, 3.63) is 23.5 Å². The first-order valence-corrected chi connectivity index (χ1v) is 4.36. The maximum absolute atomic E-state index is 10.6. The summed E-state index contributed by atoms with van der Waals surface area (Å²) in [6, 6.07) is 3.16. The van der Waals surface area contributed by atoms with Gasteiger partial charge in [-0.15, -0.1) is 0 Å². The van der Waals surface area contributed by atoms with Gasteiger partial charge in [-0.1, -0.05) is 13.8 Å². The van der Waals surface area contributed by atoms with E-state index in [2.05, 4.69) is 4.98 Å². The molecular formula is C10H12N2O3. The van der Waals surface area contributed by atoms with Crippen molar-refractivity contribution >= 4 is 5.97 Å². The van der Waals surface area contributed by atoms with Crippen LogP contribution in [-0.2, 0) is 0 Å². The van der Waals surface area contributed by atoms with E-state index in [1.807, 2.05) is 19.9 Å². The molecule has 0 atom stereocenters. The Kier molecular flexibility index (Phi) is 5.49. The van der Waals surface area contributed by atoms with Gasteiger partial charge in [0.25, 0.3) is 0 Å². The Morgan fingerprint density at radius 1 is 1.60 bits per heavy atom. The van der Waals surface area contributed by atoms with Gasteiger partial charge in [-0.25, -0.2) is 9.78 Å². The SMILES string of the molecule is CC.COc1cc(C#N)cnc1C(=O)O. The highest BCUT2D eigenvalue weighted by molar-refractivity contribution is 5.88. The molecule has 0 unspecified atom stereocenters. The number of ether oxygens (including phenoxy) is 1. The van der Waals surface area contributed by atoms with Gasteiger partial charge in [0.15, 0.2) is 11.4 Å². The first-order chi connectivity index (χ1) is 7.19. The highest BCUT2D eigenvalue weighted by Crippen LogP contribution is 2.16. The molecular weight excluding hydrogens is 196 g/mol. The number of rotatable bonds is 2. The molecule has 1 aromatic rings. The van der Waals surface area contributed by atoms with Crippen LogP contribution in [0.5, 0.6) is 5.75 Å². The number of aromatic carboxylic acids is 1. The Balaban J connectivity index is 0.000000921. The molecule has 0 aliphatic rings. The van der Waals surface area contributed by atoms with E-state index in [1.165, 1.54) is 19.4 Å². The number of hydrogen-bond donors (Lipinski definition) is 1. The summed E-state index contributed by atoms with van der Waals surface area (Å²) in [5.74, 6) is -1.09. The standard InChI is InChI=1S/C8H6N2O3.C2H6/c1-13-6-2-5(3-9)4-10-7(6)8(11)12;1-2/h2,4H,1H3,(H,11,12);1-2H3. The van der Waals surface area contributed by atoms with Crippen molar-refractivity contribution in [1.82, 2.24) is 4.98 Å². The summed E-state index contributed by atoms with van der Waals surface area (Å²) in [6.07, 6.45) is 1.19. The van der Waals surface area contributed by atoms with E-state index in [4.69, 9.17) is 15.1 Å². The average molecular weight is 208 g/mol. The van der Waals surface area contributed by atoms with E-state index in [0.29, 0.717) is 0 Å². The van der Waals surface area contributed by atoms with Crippen molar-refractivity contribution in [1.29, 1.82) is 5.26 Å². The van der Waals surface area contributed by atoms with Gasteiger partial charge < -0.3 is 9.84 Å². The number of carbonyl (C=O) groups is 1. The molecule has 0 aliphatic carbocycles. The Morgan fingerprint density at radius 3 is 2.60 bits per heavy atom. The number of carboxylic acid groups (broad SMARTS) is 1. The van der Waals surface area contributed by atoms with Crippen LogP contribution in [0, 0.1) is 11.3 Å². The van der Waals surface area contributed by atoms with E-state index in [0.717, 1.165) is 0 Å². The third-order valence-corrected chi connectivity index (χ3v) is 1.40. The topological polar surface area (TPSA) is 83.2 Å². The fourth-order valence-corrected chi connectivity index (χ4v) is 0.822. The Morgan fingerprint density at radius 2 is 2.20 bits per heavy atom. The van der Waals surface area contributed by atoms with Gasteiger partial charge in [0.05, 0.1) is 12.7 Å². The zero-order valence-corrected chi connectivity index (χ0v) is 8.81. The van der Waals surface area contributed by atoms with Gasteiger partial charge in [-0.2, -0.15) is 5.26 Å². The number of carboxylic acids is 1. The summed E-state index contributed by atoms with van der Waals surface area (Å²) in [5.41, 5.74) is 0.0725. The first-order valence-electron chi connectivity index (χ1n) is 4.36. The van der Waals surface area contributed by atoms with E-state index in [9.17, 15) is 4.79 Å². The minimum atomic E-state index is -1.18. The highest BCUT2D eigenvalue weighted by atomic mass is 16.5. The second kappa shape index (κ2) is 6.38. The fourth-order valence-electron chi connectivity index (χ4n) is 0.822. The van der Waals surface area contributed by atoms with E-state index >= 15 is 0 Å². The smallest absolute Gasteiger partial charge is 0.358 e. The molecule has 0 aliphatic heterocycles. The minimum Gasteiger partial charge on any atom is -0.494 e. The molecule has 0 saturated carbocycles. The van der Waals surface area contributed by atoms with Crippen LogP contribution in [-0.4, -0.2) is 23.2 Å². The Hall–Kier alpha value is -2.09. The van der Waals surface area contributed by atoms with Crippen LogP contribution in [0.4, 0.5) is 0 Å². The number of nitriles is 1. The Bertz CT molecular complexity index is 383. The molecule has 5 heteroatoms. The summed E-state index contributed by atoms with van der Waals surface area (Å²) >= 11 is 0. The Labute approximate surface area is 87.9 Å². The van der Waals surface area contributed by atoms with Gasteiger partial charge >= 0.3 is 5.97 Å². The number of methoxy groups -OCH3 is 1. The first kappa shape index (κ1) is 12.9. The molecule has 0 aromatic carbocycles. The largest absolute Gasteiger partial charge is 0.494 e. The monoisotopic (exact) mass is 208 g/mol. The van der Waals surface area contributed by atoms with Crippen LogP contribution in [0.25, 0.3) is 0 Å². The van der Waals surface area contributed by atoms with Crippen molar-refractivity contribution in [2.45, 2.75) is 13.8 Å². The predicted octanol–water partition coefficient (Wildman–Crippen LogP) is 1.69.